The molecule has 0 spiro atoms. The Morgan fingerprint density at radius 2 is 2.04 bits per heavy atom. The summed E-state index contributed by atoms with van der Waals surface area (Å²) in [5, 5.41) is 14.2. The van der Waals surface area contributed by atoms with Crippen LogP contribution in [0.2, 0.25) is 0 Å². The second kappa shape index (κ2) is 8.24. The van der Waals surface area contributed by atoms with Crippen LogP contribution in [0.15, 0.2) is 24.3 Å². The van der Waals surface area contributed by atoms with Gasteiger partial charge in [0.1, 0.15) is 17.6 Å². The van der Waals surface area contributed by atoms with Crippen LogP contribution in [0.5, 0.6) is 0 Å². The lowest BCUT2D eigenvalue weighted by Crippen LogP contribution is -2.47. The van der Waals surface area contributed by atoms with E-state index >= 15 is 0 Å². The van der Waals surface area contributed by atoms with Gasteiger partial charge in [-0.05, 0) is 30.5 Å². The third kappa shape index (κ3) is 4.15. The fraction of sp³-hybridized carbons (Fsp3) is 0.526. The standard InChI is InChI=1S/C19H25FN6O2/c1-21-19(27)22-15-6-8-25(9-7-15)10-16-17-12-28-18(11-26(17)24-23-16)13-2-4-14(20)5-3-13/h2-5,15,18H,6-12H2,1H3,(H2,21,22,27)/t18-/m0/s1. The zero-order valence-corrected chi connectivity index (χ0v) is 15.9. The highest BCUT2D eigenvalue weighted by Gasteiger charge is 2.27. The fourth-order valence-corrected chi connectivity index (χ4v) is 3.77. The van der Waals surface area contributed by atoms with E-state index in [9.17, 15) is 9.18 Å². The van der Waals surface area contributed by atoms with Gasteiger partial charge >= 0.3 is 6.03 Å². The Bertz CT molecular complexity index is 816. The van der Waals surface area contributed by atoms with Crippen molar-refractivity contribution in [3.63, 3.8) is 0 Å². The number of carbonyl (C=O) groups excluding carboxylic acids is 1. The number of benzene rings is 1. The second-order valence-electron chi connectivity index (χ2n) is 7.29. The van der Waals surface area contributed by atoms with E-state index in [4.69, 9.17) is 4.74 Å². The van der Waals surface area contributed by atoms with Gasteiger partial charge < -0.3 is 15.4 Å². The van der Waals surface area contributed by atoms with E-state index in [1.807, 2.05) is 4.68 Å². The number of halogens is 1. The van der Waals surface area contributed by atoms with Gasteiger partial charge in [0.2, 0.25) is 0 Å². The lowest BCUT2D eigenvalue weighted by molar-refractivity contribution is -0.00219. The van der Waals surface area contributed by atoms with Gasteiger partial charge in [0.15, 0.2) is 0 Å². The molecular weight excluding hydrogens is 363 g/mol. The summed E-state index contributed by atoms with van der Waals surface area (Å²) in [7, 11) is 1.63. The molecule has 1 atom stereocenters. The summed E-state index contributed by atoms with van der Waals surface area (Å²) in [6.45, 7) is 3.55. The quantitative estimate of drug-likeness (QED) is 0.831. The number of ether oxygens (including phenoxy) is 1. The fourth-order valence-electron chi connectivity index (χ4n) is 3.77. The van der Waals surface area contributed by atoms with Gasteiger partial charge in [-0.3, -0.25) is 4.90 Å². The topological polar surface area (TPSA) is 84.3 Å². The Labute approximate surface area is 163 Å². The van der Waals surface area contributed by atoms with E-state index in [2.05, 4.69) is 25.8 Å². The molecule has 3 heterocycles. The lowest BCUT2D eigenvalue weighted by atomic mass is 10.0. The predicted octanol–water partition coefficient (Wildman–Crippen LogP) is 1.58. The minimum atomic E-state index is -0.252. The normalized spacial score (nSPS) is 20.6. The first-order valence-electron chi connectivity index (χ1n) is 9.61. The van der Waals surface area contributed by atoms with Crippen LogP contribution in [0.25, 0.3) is 0 Å². The van der Waals surface area contributed by atoms with Crippen molar-refractivity contribution in [2.45, 2.75) is 44.7 Å². The molecule has 2 aliphatic heterocycles. The van der Waals surface area contributed by atoms with Crippen LogP contribution in [0.3, 0.4) is 0 Å². The largest absolute Gasteiger partial charge is 0.365 e. The highest BCUT2D eigenvalue weighted by molar-refractivity contribution is 5.73. The zero-order valence-electron chi connectivity index (χ0n) is 15.9. The first-order valence-corrected chi connectivity index (χ1v) is 9.61. The predicted molar refractivity (Wildman–Crippen MR) is 99.8 cm³/mol. The number of aromatic nitrogens is 3. The minimum Gasteiger partial charge on any atom is -0.365 e. The Hall–Kier alpha value is -2.52. The number of urea groups is 1. The summed E-state index contributed by atoms with van der Waals surface area (Å²) in [6, 6.07) is 6.48. The monoisotopic (exact) mass is 388 g/mol. The highest BCUT2D eigenvalue weighted by Crippen LogP contribution is 2.27. The molecule has 2 amide bonds. The zero-order chi connectivity index (χ0) is 19.5. The summed E-state index contributed by atoms with van der Waals surface area (Å²) in [6.07, 6.45) is 1.69. The van der Waals surface area contributed by atoms with Gasteiger partial charge in [-0.25, -0.2) is 13.9 Å². The van der Waals surface area contributed by atoms with Crippen LogP contribution >= 0.6 is 0 Å². The van der Waals surface area contributed by atoms with Gasteiger partial charge in [-0.2, -0.15) is 0 Å². The average molecular weight is 388 g/mol. The number of hydrogen-bond acceptors (Lipinski definition) is 5. The van der Waals surface area contributed by atoms with Crippen LogP contribution in [0.4, 0.5) is 9.18 Å². The Balaban J connectivity index is 1.34. The van der Waals surface area contributed by atoms with Crippen LogP contribution in [-0.2, 0) is 24.4 Å². The Kier molecular flexibility index (Phi) is 5.54. The maximum atomic E-state index is 13.1. The number of likely N-dealkylation sites (tertiary alicyclic amines) is 1. The molecule has 150 valence electrons. The van der Waals surface area contributed by atoms with Crippen molar-refractivity contribution >= 4 is 6.03 Å². The molecule has 2 N–H and O–H groups in total. The van der Waals surface area contributed by atoms with Crippen molar-refractivity contribution in [3.8, 4) is 0 Å². The van der Waals surface area contributed by atoms with Gasteiger partial charge in [-0.15, -0.1) is 5.10 Å². The highest BCUT2D eigenvalue weighted by atomic mass is 19.1. The SMILES string of the molecule is CNC(=O)NC1CCN(Cc2nnn3c2CO[C@H](c2ccc(F)cc2)C3)CC1. The van der Waals surface area contributed by atoms with Crippen molar-refractivity contribution in [1.29, 1.82) is 0 Å². The van der Waals surface area contributed by atoms with Crippen LogP contribution in [0.1, 0.15) is 35.9 Å². The number of carbonyl (C=O) groups is 1. The average Bonchev–Trinajstić information content (AvgIpc) is 3.12. The third-order valence-corrected chi connectivity index (χ3v) is 5.44. The van der Waals surface area contributed by atoms with E-state index in [0.29, 0.717) is 13.2 Å². The van der Waals surface area contributed by atoms with Crippen molar-refractivity contribution in [3.05, 3.63) is 47.0 Å². The van der Waals surface area contributed by atoms with E-state index in [1.165, 1.54) is 12.1 Å². The Morgan fingerprint density at radius 3 is 2.75 bits per heavy atom. The molecule has 8 nitrogen and oxygen atoms in total. The maximum absolute atomic E-state index is 13.1. The molecule has 0 aliphatic carbocycles. The number of nitrogens with zero attached hydrogens (tertiary/aromatic N) is 4. The van der Waals surface area contributed by atoms with Gasteiger partial charge in [0.25, 0.3) is 0 Å². The van der Waals surface area contributed by atoms with E-state index < -0.39 is 0 Å². The van der Waals surface area contributed by atoms with Crippen molar-refractivity contribution in [2.75, 3.05) is 20.1 Å². The summed E-state index contributed by atoms with van der Waals surface area (Å²) in [5.41, 5.74) is 2.88. The number of hydrogen-bond donors (Lipinski definition) is 2. The number of nitrogens with one attached hydrogen (secondary N) is 2. The van der Waals surface area contributed by atoms with Gasteiger partial charge in [0.05, 0.1) is 18.8 Å². The van der Waals surface area contributed by atoms with Gasteiger partial charge in [0, 0.05) is 32.7 Å². The molecule has 1 aromatic carbocycles. The molecule has 0 saturated carbocycles. The number of fused-ring (bicyclic) bond motifs is 1. The van der Waals surface area contributed by atoms with Crippen LogP contribution in [-0.4, -0.2) is 52.1 Å². The van der Waals surface area contributed by atoms with Crippen molar-refractivity contribution in [1.82, 2.24) is 30.5 Å². The first-order chi connectivity index (χ1) is 13.6. The third-order valence-electron chi connectivity index (χ3n) is 5.44. The maximum Gasteiger partial charge on any atom is 0.314 e. The molecule has 28 heavy (non-hydrogen) atoms. The van der Waals surface area contributed by atoms with E-state index in [0.717, 1.165) is 49.4 Å². The molecule has 2 aliphatic rings. The molecule has 4 rings (SSSR count). The van der Waals surface area contributed by atoms with Crippen molar-refractivity contribution < 1.29 is 13.9 Å². The van der Waals surface area contributed by atoms with Crippen LogP contribution < -0.4 is 10.6 Å². The van der Waals surface area contributed by atoms with Crippen LogP contribution in [0, 0.1) is 5.82 Å². The summed E-state index contributed by atoms with van der Waals surface area (Å²) >= 11 is 0. The first kappa shape index (κ1) is 18.8. The van der Waals surface area contributed by atoms with Gasteiger partial charge in [-0.1, -0.05) is 17.3 Å². The smallest absolute Gasteiger partial charge is 0.314 e. The van der Waals surface area contributed by atoms with Crippen molar-refractivity contribution in [2.24, 2.45) is 0 Å². The molecule has 1 aromatic heterocycles. The molecular formula is C19H25FN6O2. The molecule has 0 radical (unpaired) electrons. The second-order valence-corrected chi connectivity index (χ2v) is 7.29. The number of piperidine rings is 1. The summed E-state index contributed by atoms with van der Waals surface area (Å²) in [4.78, 5) is 13.8. The molecule has 0 bridgehead atoms. The summed E-state index contributed by atoms with van der Waals surface area (Å²) < 4.78 is 21.0. The lowest BCUT2D eigenvalue weighted by Gasteiger charge is -2.32. The molecule has 2 aromatic rings. The number of amides is 2. The molecule has 9 heteroatoms. The number of rotatable bonds is 4. The summed E-state index contributed by atoms with van der Waals surface area (Å²) in [5.74, 6) is -0.252. The molecule has 1 saturated heterocycles. The van der Waals surface area contributed by atoms with E-state index in [1.54, 1.807) is 19.2 Å². The Morgan fingerprint density at radius 1 is 1.29 bits per heavy atom. The molecule has 1 fully saturated rings. The molecule has 0 unspecified atom stereocenters. The van der Waals surface area contributed by atoms with E-state index in [-0.39, 0.29) is 24.0 Å². The minimum absolute atomic E-state index is 0.126.